The Kier molecular flexibility index (Phi) is 2.74. The van der Waals surface area contributed by atoms with E-state index in [-0.39, 0.29) is 15.6 Å². The average Bonchev–Trinajstić information content (AvgIpc) is 2.13. The second-order valence-electron chi connectivity index (χ2n) is 2.52. The summed E-state index contributed by atoms with van der Waals surface area (Å²) in [6.45, 7) is 0. The van der Waals surface area contributed by atoms with Crippen molar-refractivity contribution in [1.29, 1.82) is 0 Å². The van der Waals surface area contributed by atoms with E-state index in [0.29, 0.717) is 12.8 Å². The summed E-state index contributed by atoms with van der Waals surface area (Å²) in [5.74, 6) is -1.19. The minimum atomic E-state index is -0.925. The molecule has 0 amide bonds. The molecule has 0 aliphatic heterocycles. The highest BCUT2D eigenvalue weighted by atomic mass is 79.9. The highest BCUT2D eigenvalue weighted by Crippen LogP contribution is 2.35. The number of carboxylic acid groups (broad SMARTS) is 1. The largest absolute Gasteiger partial charge is 0.550 e. The normalized spacial score (nSPS) is 34.6. The molecule has 0 aromatic carbocycles. The fourth-order valence-corrected chi connectivity index (χ4v) is 2.46. The van der Waals surface area contributed by atoms with Gasteiger partial charge < -0.3 is 9.90 Å². The van der Waals surface area contributed by atoms with E-state index in [4.69, 9.17) is 0 Å². The number of carbonyl (C=O) groups is 1. The zero-order valence-corrected chi connectivity index (χ0v) is 8.39. The maximum Gasteiger partial charge on any atom is 0.0446 e. The molecule has 0 saturated heterocycles. The third kappa shape index (κ3) is 1.72. The number of halogens is 2. The molecule has 1 rings (SSSR count). The first-order chi connectivity index (χ1) is 4.61. The molecule has 0 spiro atoms. The van der Waals surface area contributed by atoms with Crippen LogP contribution in [0.15, 0.2) is 0 Å². The van der Waals surface area contributed by atoms with E-state index in [0.717, 1.165) is 0 Å². The van der Waals surface area contributed by atoms with Gasteiger partial charge in [-0.25, -0.2) is 0 Å². The van der Waals surface area contributed by atoms with Gasteiger partial charge in [-0.3, -0.25) is 0 Å². The summed E-state index contributed by atoms with van der Waals surface area (Å²) in [6.07, 6.45) is 1.36. The van der Waals surface area contributed by atoms with Crippen molar-refractivity contribution < 1.29 is 9.90 Å². The Morgan fingerprint density at radius 2 is 1.70 bits per heavy atom. The maximum atomic E-state index is 10.3. The van der Waals surface area contributed by atoms with Crippen molar-refractivity contribution >= 4 is 37.8 Å². The Bertz CT molecular complexity index is 139. The third-order valence-electron chi connectivity index (χ3n) is 1.75. The fourth-order valence-electron chi connectivity index (χ4n) is 1.13. The molecule has 1 saturated carbocycles. The number of carboxylic acids is 1. The first-order valence-electron chi connectivity index (χ1n) is 3.10. The lowest BCUT2D eigenvalue weighted by atomic mass is 10.1. The molecule has 0 heterocycles. The maximum absolute atomic E-state index is 10.3. The van der Waals surface area contributed by atoms with Gasteiger partial charge in [0, 0.05) is 21.5 Å². The van der Waals surface area contributed by atoms with Crippen LogP contribution in [0.2, 0.25) is 0 Å². The SMILES string of the molecule is O=C([O-])C1C[C@H](Br)[C@@H](Br)C1. The molecular formula is C6H7Br2O2-. The first kappa shape index (κ1) is 8.53. The summed E-state index contributed by atoms with van der Waals surface area (Å²) < 4.78 is 0. The van der Waals surface area contributed by atoms with Gasteiger partial charge in [-0.1, -0.05) is 31.9 Å². The zero-order chi connectivity index (χ0) is 7.72. The van der Waals surface area contributed by atoms with E-state index in [9.17, 15) is 9.90 Å². The van der Waals surface area contributed by atoms with Gasteiger partial charge in [-0.15, -0.1) is 0 Å². The van der Waals surface area contributed by atoms with Gasteiger partial charge in [0.15, 0.2) is 0 Å². The number of alkyl halides is 2. The zero-order valence-electron chi connectivity index (χ0n) is 5.22. The molecule has 10 heavy (non-hydrogen) atoms. The molecule has 2 atom stereocenters. The number of hydrogen-bond acceptors (Lipinski definition) is 2. The van der Waals surface area contributed by atoms with Crippen molar-refractivity contribution in [2.45, 2.75) is 22.5 Å². The van der Waals surface area contributed by atoms with Crippen LogP contribution < -0.4 is 5.11 Å². The van der Waals surface area contributed by atoms with Crippen molar-refractivity contribution in [3.05, 3.63) is 0 Å². The van der Waals surface area contributed by atoms with Crippen molar-refractivity contribution in [3.8, 4) is 0 Å². The van der Waals surface area contributed by atoms with Gasteiger partial charge in [0.05, 0.1) is 0 Å². The van der Waals surface area contributed by atoms with Crippen molar-refractivity contribution in [2.75, 3.05) is 0 Å². The first-order valence-corrected chi connectivity index (χ1v) is 4.93. The Morgan fingerprint density at radius 1 is 1.30 bits per heavy atom. The standard InChI is InChI=1S/C6H8Br2O2/c7-4-1-3(6(9)10)2-5(4)8/h3-5H,1-2H2,(H,9,10)/p-1/t4-,5-/m0/s1. The number of aliphatic carboxylic acids is 1. The van der Waals surface area contributed by atoms with Crippen LogP contribution in [0.4, 0.5) is 0 Å². The molecular weight excluding hydrogens is 264 g/mol. The predicted molar refractivity (Wildman–Crippen MR) is 43.2 cm³/mol. The molecule has 58 valence electrons. The summed E-state index contributed by atoms with van der Waals surface area (Å²) in [4.78, 5) is 10.9. The van der Waals surface area contributed by atoms with Crippen molar-refractivity contribution in [2.24, 2.45) is 5.92 Å². The molecule has 0 N–H and O–H groups in total. The number of rotatable bonds is 1. The van der Waals surface area contributed by atoms with E-state index >= 15 is 0 Å². The average molecular weight is 271 g/mol. The molecule has 0 aromatic heterocycles. The number of carbonyl (C=O) groups excluding carboxylic acids is 1. The lowest BCUT2D eigenvalue weighted by Gasteiger charge is -2.08. The third-order valence-corrected chi connectivity index (χ3v) is 4.48. The summed E-state index contributed by atoms with van der Waals surface area (Å²) in [6, 6.07) is 0. The molecule has 0 unspecified atom stereocenters. The molecule has 1 aliphatic carbocycles. The van der Waals surface area contributed by atoms with Gasteiger partial charge >= 0.3 is 0 Å². The van der Waals surface area contributed by atoms with Crippen LogP contribution in [-0.4, -0.2) is 15.6 Å². The Morgan fingerprint density at radius 3 is 1.90 bits per heavy atom. The van der Waals surface area contributed by atoms with Crippen molar-refractivity contribution in [1.82, 2.24) is 0 Å². The summed E-state index contributed by atoms with van der Waals surface area (Å²) in [5.41, 5.74) is 0. The Balaban J connectivity index is 2.49. The highest BCUT2D eigenvalue weighted by molar-refractivity contribution is 9.12. The Labute approximate surface area is 76.2 Å². The summed E-state index contributed by atoms with van der Waals surface area (Å²) in [7, 11) is 0. The molecule has 2 nitrogen and oxygen atoms in total. The quantitative estimate of drug-likeness (QED) is 0.658. The highest BCUT2D eigenvalue weighted by Gasteiger charge is 2.31. The van der Waals surface area contributed by atoms with E-state index in [1.54, 1.807) is 0 Å². The van der Waals surface area contributed by atoms with Crippen molar-refractivity contribution in [3.63, 3.8) is 0 Å². The minimum Gasteiger partial charge on any atom is -0.550 e. The van der Waals surface area contributed by atoms with Gasteiger partial charge in [0.1, 0.15) is 0 Å². The van der Waals surface area contributed by atoms with Crippen LogP contribution in [0.3, 0.4) is 0 Å². The lowest BCUT2D eigenvalue weighted by Crippen LogP contribution is -2.29. The van der Waals surface area contributed by atoms with Gasteiger partial charge in [-0.05, 0) is 12.8 Å². The van der Waals surface area contributed by atoms with Crippen LogP contribution in [0.25, 0.3) is 0 Å². The van der Waals surface area contributed by atoms with Gasteiger partial charge in [-0.2, -0.15) is 0 Å². The van der Waals surface area contributed by atoms with Crippen LogP contribution in [0, 0.1) is 5.92 Å². The van der Waals surface area contributed by atoms with Crippen LogP contribution >= 0.6 is 31.9 Å². The molecule has 1 fully saturated rings. The van der Waals surface area contributed by atoms with Crippen LogP contribution in [-0.2, 0) is 4.79 Å². The monoisotopic (exact) mass is 269 g/mol. The fraction of sp³-hybridized carbons (Fsp3) is 0.833. The topological polar surface area (TPSA) is 40.1 Å². The second kappa shape index (κ2) is 3.22. The van der Waals surface area contributed by atoms with Gasteiger partial charge in [0.2, 0.25) is 0 Å². The van der Waals surface area contributed by atoms with E-state index in [1.165, 1.54) is 0 Å². The second-order valence-corrected chi connectivity index (χ2v) is 4.87. The summed E-state index contributed by atoms with van der Waals surface area (Å²) >= 11 is 6.75. The van der Waals surface area contributed by atoms with Crippen LogP contribution in [0.5, 0.6) is 0 Å². The smallest absolute Gasteiger partial charge is 0.0446 e. The molecule has 0 aromatic rings. The van der Waals surface area contributed by atoms with E-state index in [2.05, 4.69) is 31.9 Å². The Hall–Kier alpha value is 0.430. The van der Waals surface area contributed by atoms with Crippen LogP contribution in [0.1, 0.15) is 12.8 Å². The summed E-state index contributed by atoms with van der Waals surface area (Å²) in [5, 5.41) is 10.3. The predicted octanol–water partition coefficient (Wildman–Crippen LogP) is 0.673. The number of hydrogen-bond donors (Lipinski definition) is 0. The molecule has 0 radical (unpaired) electrons. The minimum absolute atomic E-state index is 0.270. The molecule has 1 aliphatic rings. The molecule has 4 heteroatoms. The van der Waals surface area contributed by atoms with E-state index in [1.807, 2.05) is 0 Å². The lowest BCUT2D eigenvalue weighted by molar-refractivity contribution is -0.311. The van der Waals surface area contributed by atoms with Gasteiger partial charge in [0.25, 0.3) is 0 Å². The molecule has 0 bridgehead atoms. The van der Waals surface area contributed by atoms with E-state index < -0.39 is 5.97 Å².